The van der Waals surface area contributed by atoms with E-state index in [1.807, 2.05) is 0 Å². The molecule has 3 N–H and O–H groups in total. The highest BCUT2D eigenvalue weighted by molar-refractivity contribution is 7.86. The zero-order valence-corrected chi connectivity index (χ0v) is 6.68. The van der Waals surface area contributed by atoms with Crippen LogP contribution in [0.4, 0.5) is 9.57 Å². The molecule has 0 saturated carbocycles. The molecule has 0 aromatic heterocycles. The Labute approximate surface area is 68.7 Å². The lowest BCUT2D eigenvalue weighted by Gasteiger charge is -1.98. The second kappa shape index (κ2) is 2.63. The van der Waals surface area contributed by atoms with Crippen molar-refractivity contribution < 1.29 is 17.4 Å². The molecule has 0 aliphatic carbocycles. The molecule has 0 bridgehead atoms. The van der Waals surface area contributed by atoms with Gasteiger partial charge in [-0.15, -0.1) is 3.89 Å². The zero-order valence-electron chi connectivity index (χ0n) is 5.86. The minimum absolute atomic E-state index is 0.172. The van der Waals surface area contributed by atoms with E-state index in [9.17, 15) is 12.3 Å². The number of aromatic hydroxyl groups is 1. The Morgan fingerprint density at radius 2 is 2.00 bits per heavy atom. The largest absolute Gasteiger partial charge is 0.506 e. The van der Waals surface area contributed by atoms with E-state index in [0.717, 1.165) is 18.2 Å². The molecule has 0 aliphatic rings. The molecule has 0 heterocycles. The maximum atomic E-state index is 12.3. The smallest absolute Gasteiger partial charge is 0.332 e. The molecule has 66 valence electrons. The van der Waals surface area contributed by atoms with Crippen LogP contribution in [0.25, 0.3) is 0 Å². The third-order valence-corrected chi connectivity index (χ3v) is 2.10. The maximum Gasteiger partial charge on any atom is 0.332 e. The summed E-state index contributed by atoms with van der Waals surface area (Å²) in [6.45, 7) is 0. The van der Waals surface area contributed by atoms with Gasteiger partial charge in [0.25, 0.3) is 0 Å². The fourth-order valence-electron chi connectivity index (χ4n) is 0.684. The van der Waals surface area contributed by atoms with Gasteiger partial charge in [-0.05, 0) is 18.2 Å². The number of phenolic OH excluding ortho intramolecular Hbond substituents is 1. The lowest BCUT2D eigenvalue weighted by atomic mass is 10.3. The fourth-order valence-corrected chi connectivity index (χ4v) is 1.18. The first-order chi connectivity index (χ1) is 5.41. The van der Waals surface area contributed by atoms with Crippen LogP contribution in [0.1, 0.15) is 0 Å². The predicted molar refractivity (Wildman–Crippen MR) is 40.8 cm³/mol. The van der Waals surface area contributed by atoms with Crippen LogP contribution in [-0.4, -0.2) is 13.5 Å². The molecular weight excluding hydrogens is 185 g/mol. The number of anilines is 1. The molecule has 12 heavy (non-hydrogen) atoms. The predicted octanol–water partition coefficient (Wildman–Crippen LogP) is 0.633. The van der Waals surface area contributed by atoms with Crippen molar-refractivity contribution in [3.63, 3.8) is 0 Å². The van der Waals surface area contributed by atoms with Crippen molar-refractivity contribution >= 4 is 15.9 Å². The maximum absolute atomic E-state index is 12.3. The van der Waals surface area contributed by atoms with Gasteiger partial charge in [-0.25, -0.2) is 0 Å². The molecule has 0 spiro atoms. The van der Waals surface area contributed by atoms with Crippen LogP contribution in [0.3, 0.4) is 0 Å². The summed E-state index contributed by atoms with van der Waals surface area (Å²) < 4.78 is 32.9. The van der Waals surface area contributed by atoms with E-state index in [1.54, 1.807) is 0 Å². The van der Waals surface area contributed by atoms with Crippen molar-refractivity contribution in [3.8, 4) is 5.75 Å². The molecule has 0 radical (unpaired) electrons. The SMILES string of the molecule is Nc1cc(S(=O)(=O)F)ccc1O. The van der Waals surface area contributed by atoms with Gasteiger partial charge in [0.1, 0.15) is 10.6 Å². The van der Waals surface area contributed by atoms with E-state index in [4.69, 9.17) is 10.8 Å². The highest BCUT2D eigenvalue weighted by atomic mass is 32.3. The highest BCUT2D eigenvalue weighted by Crippen LogP contribution is 2.23. The van der Waals surface area contributed by atoms with Crippen molar-refractivity contribution in [1.82, 2.24) is 0 Å². The quantitative estimate of drug-likeness (QED) is 0.387. The average molecular weight is 191 g/mol. The first-order valence-electron chi connectivity index (χ1n) is 2.94. The molecule has 0 amide bonds. The molecular formula is C6H6FNO3S. The molecule has 0 atom stereocenters. The minimum atomic E-state index is -4.73. The normalized spacial score (nSPS) is 11.4. The molecule has 1 aromatic carbocycles. The van der Waals surface area contributed by atoms with Gasteiger partial charge in [-0.3, -0.25) is 0 Å². The lowest BCUT2D eigenvalue weighted by Crippen LogP contribution is -1.94. The molecule has 1 rings (SSSR count). The van der Waals surface area contributed by atoms with Gasteiger partial charge in [0.05, 0.1) is 5.69 Å². The van der Waals surface area contributed by atoms with Gasteiger partial charge in [0, 0.05) is 0 Å². The number of nitrogen functional groups attached to an aromatic ring is 1. The summed E-state index contributed by atoms with van der Waals surface area (Å²) in [6.07, 6.45) is 0. The van der Waals surface area contributed by atoms with Gasteiger partial charge >= 0.3 is 10.2 Å². The summed E-state index contributed by atoms with van der Waals surface area (Å²) in [4.78, 5) is -0.558. The van der Waals surface area contributed by atoms with Crippen molar-refractivity contribution in [2.24, 2.45) is 0 Å². The Morgan fingerprint density at radius 3 is 2.42 bits per heavy atom. The molecule has 0 unspecified atom stereocenters. The second-order valence-electron chi connectivity index (χ2n) is 2.16. The van der Waals surface area contributed by atoms with Gasteiger partial charge in [0.15, 0.2) is 0 Å². The number of rotatable bonds is 1. The molecule has 0 saturated heterocycles. The number of nitrogens with two attached hydrogens (primary N) is 1. The summed E-state index contributed by atoms with van der Waals surface area (Å²) in [5.74, 6) is -0.276. The third-order valence-electron chi connectivity index (χ3n) is 1.28. The summed E-state index contributed by atoms with van der Waals surface area (Å²) in [6, 6.07) is 2.80. The van der Waals surface area contributed by atoms with Crippen molar-refractivity contribution in [2.45, 2.75) is 4.90 Å². The van der Waals surface area contributed by atoms with Gasteiger partial charge in [-0.1, -0.05) is 0 Å². The summed E-state index contributed by atoms with van der Waals surface area (Å²) in [5, 5.41) is 8.87. The van der Waals surface area contributed by atoms with Crippen molar-refractivity contribution in [2.75, 3.05) is 5.73 Å². The Kier molecular flexibility index (Phi) is 1.93. The lowest BCUT2D eigenvalue weighted by molar-refractivity contribution is 0.477. The van der Waals surface area contributed by atoms with Crippen LogP contribution in [-0.2, 0) is 10.2 Å². The zero-order chi connectivity index (χ0) is 9.35. The first-order valence-corrected chi connectivity index (χ1v) is 4.33. The average Bonchev–Trinajstić information content (AvgIpc) is 1.92. The number of hydrogen-bond acceptors (Lipinski definition) is 4. The number of benzene rings is 1. The molecule has 6 heteroatoms. The van der Waals surface area contributed by atoms with Crippen LogP contribution in [0.5, 0.6) is 5.75 Å². The van der Waals surface area contributed by atoms with E-state index in [1.165, 1.54) is 0 Å². The van der Waals surface area contributed by atoms with E-state index < -0.39 is 15.1 Å². The number of hydrogen-bond donors (Lipinski definition) is 2. The standard InChI is InChI=1S/C6H6FNO3S/c7-12(10,11)4-1-2-6(9)5(8)3-4/h1-3,9H,8H2. The number of halogens is 1. The van der Waals surface area contributed by atoms with Crippen molar-refractivity contribution in [3.05, 3.63) is 18.2 Å². The molecule has 1 aromatic rings. The van der Waals surface area contributed by atoms with Crippen LogP contribution in [0, 0.1) is 0 Å². The van der Waals surface area contributed by atoms with Crippen LogP contribution < -0.4 is 5.73 Å². The Bertz CT molecular complexity index is 401. The first kappa shape index (κ1) is 8.79. The number of phenols is 1. The van der Waals surface area contributed by atoms with Crippen molar-refractivity contribution in [1.29, 1.82) is 0 Å². The highest BCUT2D eigenvalue weighted by Gasteiger charge is 2.12. The van der Waals surface area contributed by atoms with Gasteiger partial charge < -0.3 is 10.8 Å². The van der Waals surface area contributed by atoms with Gasteiger partial charge in [-0.2, -0.15) is 8.42 Å². The summed E-state index contributed by atoms with van der Waals surface area (Å²) >= 11 is 0. The van der Waals surface area contributed by atoms with Crippen LogP contribution in [0.15, 0.2) is 23.1 Å². The monoisotopic (exact) mass is 191 g/mol. The second-order valence-corrected chi connectivity index (χ2v) is 3.51. The van der Waals surface area contributed by atoms with Crippen LogP contribution >= 0.6 is 0 Å². The molecule has 4 nitrogen and oxygen atoms in total. The van der Waals surface area contributed by atoms with Crippen LogP contribution in [0.2, 0.25) is 0 Å². The third kappa shape index (κ3) is 1.65. The summed E-state index contributed by atoms with van der Waals surface area (Å²) in [7, 11) is -4.73. The van der Waals surface area contributed by atoms with E-state index in [2.05, 4.69) is 0 Å². The Morgan fingerprint density at radius 1 is 1.42 bits per heavy atom. The van der Waals surface area contributed by atoms with Gasteiger partial charge in [0.2, 0.25) is 0 Å². The van der Waals surface area contributed by atoms with E-state index in [-0.39, 0.29) is 11.4 Å². The molecule has 0 aliphatic heterocycles. The van der Waals surface area contributed by atoms with E-state index in [0.29, 0.717) is 0 Å². The molecule has 0 fully saturated rings. The Hall–Kier alpha value is -1.30. The minimum Gasteiger partial charge on any atom is -0.506 e. The Balaban J connectivity index is 3.33. The topological polar surface area (TPSA) is 80.4 Å². The fraction of sp³-hybridized carbons (Fsp3) is 0. The summed E-state index contributed by atoms with van der Waals surface area (Å²) in [5.41, 5.74) is 4.96. The van der Waals surface area contributed by atoms with E-state index >= 15 is 0 Å².